The van der Waals surface area contributed by atoms with Crippen molar-refractivity contribution in [1.29, 1.82) is 0 Å². The molecule has 6 heteroatoms. The quantitative estimate of drug-likeness (QED) is 0.735. The minimum Gasteiger partial charge on any atom is -0.480 e. The van der Waals surface area contributed by atoms with Crippen molar-refractivity contribution in [2.45, 2.75) is 12.8 Å². The summed E-state index contributed by atoms with van der Waals surface area (Å²) in [6.45, 7) is 1.68. The van der Waals surface area contributed by atoms with Crippen molar-refractivity contribution in [3.63, 3.8) is 0 Å². The Hall–Kier alpha value is -1.36. The summed E-state index contributed by atoms with van der Waals surface area (Å²) in [6, 6.07) is 1.54. The second kappa shape index (κ2) is 4.93. The Kier molecular flexibility index (Phi) is 3.85. The summed E-state index contributed by atoms with van der Waals surface area (Å²) in [5.74, 6) is -0.590. The first kappa shape index (κ1) is 11.7. The zero-order valence-corrected chi connectivity index (χ0v) is 9.41. The van der Waals surface area contributed by atoms with E-state index in [0.717, 1.165) is 0 Å². The lowest BCUT2D eigenvalue weighted by Gasteiger charge is -2.11. The molecule has 1 aromatic rings. The monoisotopic (exact) mass is 230 g/mol. The molecule has 1 aromatic heterocycles. The molecule has 1 heterocycles. The lowest BCUT2D eigenvalue weighted by atomic mass is 10.0. The lowest BCUT2D eigenvalue weighted by Crippen LogP contribution is -2.13. The van der Waals surface area contributed by atoms with Gasteiger partial charge >= 0.3 is 5.97 Å². The lowest BCUT2D eigenvalue weighted by molar-refractivity contribution is -0.142. The summed E-state index contributed by atoms with van der Waals surface area (Å²) in [4.78, 5) is 11.3. The Labute approximate surface area is 92.4 Å². The molecule has 15 heavy (non-hydrogen) atoms. The van der Waals surface area contributed by atoms with Crippen LogP contribution in [0, 0.1) is 0 Å². The summed E-state index contributed by atoms with van der Waals surface area (Å²) in [5.41, 5.74) is 0.560. The molecule has 0 bridgehead atoms. The van der Waals surface area contributed by atoms with Crippen LogP contribution in [0.1, 0.15) is 18.4 Å². The van der Waals surface area contributed by atoms with Crippen LogP contribution in [-0.4, -0.2) is 30.4 Å². The van der Waals surface area contributed by atoms with Gasteiger partial charge in [0.25, 0.3) is 0 Å². The molecular formula is C9H11ClN2O3. The Morgan fingerprint density at radius 2 is 2.13 bits per heavy atom. The van der Waals surface area contributed by atoms with Gasteiger partial charge in [0.1, 0.15) is 0 Å². The molecule has 1 atom stereocenters. The molecule has 0 fully saturated rings. The Morgan fingerprint density at radius 1 is 1.47 bits per heavy atom. The molecule has 0 aromatic carbocycles. The third-order valence-corrected chi connectivity index (χ3v) is 2.16. The van der Waals surface area contributed by atoms with Crippen LogP contribution >= 0.6 is 11.6 Å². The van der Waals surface area contributed by atoms with Gasteiger partial charge in [-0.3, -0.25) is 4.79 Å². The van der Waals surface area contributed by atoms with E-state index < -0.39 is 5.92 Å². The number of aromatic nitrogens is 2. The van der Waals surface area contributed by atoms with Crippen molar-refractivity contribution in [2.75, 3.05) is 14.2 Å². The van der Waals surface area contributed by atoms with E-state index in [1.54, 1.807) is 6.92 Å². The molecule has 0 N–H and O–H groups in total. The van der Waals surface area contributed by atoms with Gasteiger partial charge in [0, 0.05) is 5.56 Å². The summed E-state index contributed by atoms with van der Waals surface area (Å²) in [5, 5.41) is 7.55. The summed E-state index contributed by atoms with van der Waals surface area (Å²) in [6.07, 6.45) is 0. The van der Waals surface area contributed by atoms with E-state index in [1.165, 1.54) is 20.3 Å². The summed E-state index contributed by atoms with van der Waals surface area (Å²) in [7, 11) is 2.77. The number of hydrogen-bond donors (Lipinski definition) is 0. The average molecular weight is 231 g/mol. The average Bonchev–Trinajstić information content (AvgIpc) is 2.27. The van der Waals surface area contributed by atoms with E-state index in [9.17, 15) is 4.79 Å². The van der Waals surface area contributed by atoms with Crippen molar-refractivity contribution >= 4 is 17.6 Å². The van der Waals surface area contributed by atoms with Crippen molar-refractivity contribution in [3.8, 4) is 5.88 Å². The maximum absolute atomic E-state index is 11.3. The van der Waals surface area contributed by atoms with Gasteiger partial charge in [0.05, 0.1) is 20.1 Å². The summed E-state index contributed by atoms with van der Waals surface area (Å²) >= 11 is 5.68. The predicted molar refractivity (Wildman–Crippen MR) is 54.0 cm³/mol. The number of rotatable bonds is 3. The fourth-order valence-electron chi connectivity index (χ4n) is 1.14. The smallest absolute Gasteiger partial charge is 0.313 e. The van der Waals surface area contributed by atoms with Crippen LogP contribution in [0.3, 0.4) is 0 Å². The molecular weight excluding hydrogens is 220 g/mol. The first-order valence-electron chi connectivity index (χ1n) is 4.25. The Balaban J connectivity index is 3.10. The number of carbonyl (C=O) groups excluding carboxylic acids is 1. The van der Waals surface area contributed by atoms with E-state index in [1.807, 2.05) is 0 Å². The molecule has 0 radical (unpaired) electrons. The van der Waals surface area contributed by atoms with Crippen LogP contribution in [0.15, 0.2) is 6.07 Å². The highest BCUT2D eigenvalue weighted by Crippen LogP contribution is 2.26. The number of hydrogen-bond acceptors (Lipinski definition) is 5. The number of halogens is 1. The maximum Gasteiger partial charge on any atom is 0.313 e. The van der Waals surface area contributed by atoms with Crippen molar-refractivity contribution in [1.82, 2.24) is 10.2 Å². The van der Waals surface area contributed by atoms with E-state index in [0.29, 0.717) is 5.56 Å². The van der Waals surface area contributed by atoms with E-state index >= 15 is 0 Å². The molecule has 1 rings (SSSR count). The van der Waals surface area contributed by atoms with Crippen molar-refractivity contribution < 1.29 is 14.3 Å². The van der Waals surface area contributed by atoms with E-state index in [2.05, 4.69) is 14.9 Å². The minimum atomic E-state index is -0.488. The highest BCUT2D eigenvalue weighted by atomic mass is 35.5. The van der Waals surface area contributed by atoms with Gasteiger partial charge in [0.15, 0.2) is 5.15 Å². The van der Waals surface area contributed by atoms with Gasteiger partial charge in [-0.25, -0.2) is 0 Å². The Bertz CT molecular complexity index is 370. The number of ether oxygens (including phenoxy) is 2. The van der Waals surface area contributed by atoms with Gasteiger partial charge in [-0.05, 0) is 13.0 Å². The van der Waals surface area contributed by atoms with Crippen LogP contribution in [0.4, 0.5) is 0 Å². The molecule has 0 spiro atoms. The zero-order valence-electron chi connectivity index (χ0n) is 8.65. The van der Waals surface area contributed by atoms with Crippen LogP contribution < -0.4 is 4.74 Å². The third kappa shape index (κ3) is 2.56. The first-order valence-corrected chi connectivity index (χ1v) is 4.63. The Morgan fingerprint density at radius 3 is 2.67 bits per heavy atom. The number of nitrogens with zero attached hydrogens (tertiary/aromatic N) is 2. The van der Waals surface area contributed by atoms with Gasteiger partial charge in [-0.2, -0.15) is 0 Å². The third-order valence-electron chi connectivity index (χ3n) is 1.97. The maximum atomic E-state index is 11.3. The van der Waals surface area contributed by atoms with Crippen LogP contribution in [-0.2, 0) is 9.53 Å². The van der Waals surface area contributed by atoms with Crippen LogP contribution in [0.5, 0.6) is 5.88 Å². The molecule has 0 aliphatic rings. The number of esters is 1. The number of carbonyl (C=O) groups is 1. The molecule has 0 aliphatic carbocycles. The van der Waals surface area contributed by atoms with Crippen LogP contribution in [0.25, 0.3) is 0 Å². The fourth-order valence-corrected chi connectivity index (χ4v) is 1.30. The summed E-state index contributed by atoms with van der Waals surface area (Å²) < 4.78 is 9.60. The standard InChI is InChI=1S/C9H11ClN2O3/c1-5(9(13)15-3)6-4-7(10)11-12-8(6)14-2/h4-5H,1-3H3/t5-/m0/s1. The van der Waals surface area contributed by atoms with Crippen molar-refractivity contribution in [3.05, 3.63) is 16.8 Å². The number of methoxy groups -OCH3 is 2. The molecule has 0 saturated carbocycles. The predicted octanol–water partition coefficient (Wildman–Crippen LogP) is 1.42. The first-order chi connectivity index (χ1) is 7.10. The normalized spacial score (nSPS) is 12.0. The largest absolute Gasteiger partial charge is 0.480 e. The SMILES string of the molecule is COC(=O)[C@@H](C)c1cc(Cl)nnc1OC. The van der Waals surface area contributed by atoms with Gasteiger partial charge in [-0.15, -0.1) is 10.2 Å². The molecule has 0 saturated heterocycles. The zero-order chi connectivity index (χ0) is 11.4. The topological polar surface area (TPSA) is 61.3 Å². The van der Waals surface area contributed by atoms with Gasteiger partial charge < -0.3 is 9.47 Å². The molecule has 0 aliphatic heterocycles. The minimum absolute atomic E-state index is 0.210. The molecule has 5 nitrogen and oxygen atoms in total. The van der Waals surface area contributed by atoms with Crippen LogP contribution in [0.2, 0.25) is 5.15 Å². The van der Waals surface area contributed by atoms with Gasteiger partial charge in [0.2, 0.25) is 5.88 Å². The molecule has 0 amide bonds. The molecule has 82 valence electrons. The van der Waals surface area contributed by atoms with Crippen molar-refractivity contribution in [2.24, 2.45) is 0 Å². The fraction of sp³-hybridized carbons (Fsp3) is 0.444. The highest BCUT2D eigenvalue weighted by Gasteiger charge is 2.21. The second-order valence-electron chi connectivity index (χ2n) is 2.88. The van der Waals surface area contributed by atoms with Gasteiger partial charge in [-0.1, -0.05) is 11.6 Å². The van der Waals surface area contributed by atoms with E-state index in [4.69, 9.17) is 16.3 Å². The highest BCUT2D eigenvalue weighted by molar-refractivity contribution is 6.29. The molecule has 0 unspecified atom stereocenters. The van der Waals surface area contributed by atoms with E-state index in [-0.39, 0.29) is 17.0 Å². The second-order valence-corrected chi connectivity index (χ2v) is 3.26.